The van der Waals surface area contributed by atoms with Crippen LogP contribution in [0.5, 0.6) is 0 Å². The molecule has 0 aliphatic carbocycles. The normalized spacial score (nSPS) is 18.3. The first-order valence-corrected chi connectivity index (χ1v) is 11.2. The molecule has 0 radical (unpaired) electrons. The molecule has 34 heavy (non-hydrogen) atoms. The highest BCUT2D eigenvalue weighted by Gasteiger charge is 2.24. The number of rotatable bonds is 6. The van der Waals surface area contributed by atoms with Gasteiger partial charge in [-0.05, 0) is 49.2 Å². The van der Waals surface area contributed by atoms with Crippen molar-refractivity contribution >= 4 is 35.2 Å². The molecule has 5 N–H and O–H groups in total. The van der Waals surface area contributed by atoms with E-state index in [2.05, 4.69) is 15.6 Å². The van der Waals surface area contributed by atoms with E-state index in [1.165, 1.54) is 0 Å². The van der Waals surface area contributed by atoms with Gasteiger partial charge in [0.1, 0.15) is 11.6 Å². The van der Waals surface area contributed by atoms with Gasteiger partial charge in [-0.3, -0.25) is 9.59 Å². The van der Waals surface area contributed by atoms with Crippen molar-refractivity contribution in [3.05, 3.63) is 47.5 Å². The average Bonchev–Trinajstić information content (AvgIpc) is 2.84. The topological polar surface area (TPSA) is 150 Å². The number of nitrogens with two attached hydrogens (primary N) is 1. The quantitative estimate of drug-likeness (QED) is 0.500. The van der Waals surface area contributed by atoms with E-state index in [1.54, 1.807) is 41.3 Å². The maximum Gasteiger partial charge on any atom is 0.404 e. The Hall–Kier alpha value is -3.86. The first-order valence-electron chi connectivity index (χ1n) is 11.2. The molecule has 11 nitrogen and oxygen atoms in total. The van der Waals surface area contributed by atoms with Crippen LogP contribution in [-0.4, -0.2) is 78.3 Å². The number of nitrogens with zero attached hydrogens (tertiary/aromatic N) is 3. The molecule has 2 saturated heterocycles. The molecular weight excluding hydrogens is 440 g/mol. The van der Waals surface area contributed by atoms with Gasteiger partial charge in [-0.1, -0.05) is 0 Å². The van der Waals surface area contributed by atoms with Crippen molar-refractivity contribution in [2.24, 2.45) is 5.73 Å². The van der Waals surface area contributed by atoms with Crippen LogP contribution in [0.25, 0.3) is 0 Å². The second-order valence-electron chi connectivity index (χ2n) is 8.27. The zero-order valence-electron chi connectivity index (χ0n) is 18.7. The summed E-state index contributed by atoms with van der Waals surface area (Å²) in [5, 5.41) is 14.7. The number of pyridine rings is 1. The van der Waals surface area contributed by atoms with Crippen LogP contribution >= 0.6 is 0 Å². The lowest BCUT2D eigenvalue weighted by atomic mass is 10.1. The minimum atomic E-state index is -1.05. The van der Waals surface area contributed by atoms with Crippen molar-refractivity contribution in [2.45, 2.75) is 18.9 Å². The largest absolute Gasteiger partial charge is 0.465 e. The predicted molar refractivity (Wildman–Crippen MR) is 126 cm³/mol. The Morgan fingerprint density at radius 3 is 2.47 bits per heavy atom. The number of carboxylic acid groups (broad SMARTS) is 1. The lowest BCUT2D eigenvalue weighted by Gasteiger charge is -2.33. The second kappa shape index (κ2) is 10.4. The van der Waals surface area contributed by atoms with Gasteiger partial charge in [0.25, 0.3) is 11.8 Å². The Labute approximate surface area is 196 Å². The van der Waals surface area contributed by atoms with Crippen LogP contribution in [0.4, 0.5) is 22.1 Å². The summed E-state index contributed by atoms with van der Waals surface area (Å²) >= 11 is 0. The third-order valence-electron chi connectivity index (χ3n) is 5.91. The summed E-state index contributed by atoms with van der Waals surface area (Å²) in [4.78, 5) is 44.0. The molecule has 0 spiro atoms. The highest BCUT2D eigenvalue weighted by atomic mass is 16.5. The van der Waals surface area contributed by atoms with Crippen LogP contribution in [0.3, 0.4) is 0 Å². The number of amides is 3. The van der Waals surface area contributed by atoms with Crippen LogP contribution in [0.15, 0.2) is 36.4 Å². The number of aromatic nitrogens is 1. The average molecular weight is 469 g/mol. The molecule has 1 atom stereocenters. The van der Waals surface area contributed by atoms with Gasteiger partial charge in [-0.25, -0.2) is 9.78 Å². The molecule has 2 aliphatic rings. The van der Waals surface area contributed by atoms with Gasteiger partial charge in [0.05, 0.1) is 18.8 Å². The second-order valence-corrected chi connectivity index (χ2v) is 8.27. The Balaban J connectivity index is 1.50. The van der Waals surface area contributed by atoms with Gasteiger partial charge in [0.15, 0.2) is 0 Å². The molecule has 1 aromatic carbocycles. The molecule has 3 heterocycles. The van der Waals surface area contributed by atoms with E-state index in [-0.39, 0.29) is 17.5 Å². The van der Waals surface area contributed by atoms with Crippen molar-refractivity contribution < 1.29 is 24.2 Å². The van der Waals surface area contributed by atoms with Gasteiger partial charge >= 0.3 is 6.09 Å². The summed E-state index contributed by atoms with van der Waals surface area (Å²) in [5.41, 5.74) is 7.00. The SMILES string of the molecule is NC(=O)c1ccc(N2CCCC(NC(=O)O)C2)nc1Nc1ccc(C(=O)N2CCOCC2)cc1. The molecule has 0 saturated carbocycles. The predicted octanol–water partition coefficient (Wildman–Crippen LogP) is 1.63. The number of benzene rings is 1. The number of hydrogen-bond acceptors (Lipinski definition) is 7. The zero-order valence-corrected chi connectivity index (χ0v) is 18.7. The Morgan fingerprint density at radius 2 is 1.79 bits per heavy atom. The minimum absolute atomic E-state index is 0.0533. The number of hydrogen-bond donors (Lipinski definition) is 4. The maximum absolute atomic E-state index is 12.7. The number of nitrogens with one attached hydrogen (secondary N) is 2. The monoisotopic (exact) mass is 468 g/mol. The number of anilines is 3. The smallest absolute Gasteiger partial charge is 0.404 e. The highest BCUT2D eigenvalue weighted by Crippen LogP contribution is 2.25. The maximum atomic E-state index is 12.7. The van der Waals surface area contributed by atoms with Crippen LogP contribution in [0.1, 0.15) is 33.6 Å². The van der Waals surface area contributed by atoms with Crippen molar-refractivity contribution in [1.29, 1.82) is 0 Å². The summed E-state index contributed by atoms with van der Waals surface area (Å²) < 4.78 is 5.30. The number of primary amides is 1. The third-order valence-corrected chi connectivity index (χ3v) is 5.91. The van der Waals surface area contributed by atoms with Gasteiger partial charge in [0, 0.05) is 43.5 Å². The van der Waals surface area contributed by atoms with Gasteiger partial charge < -0.3 is 36.0 Å². The molecule has 11 heteroatoms. The summed E-state index contributed by atoms with van der Waals surface area (Å²) in [6.07, 6.45) is 0.510. The van der Waals surface area contributed by atoms with E-state index < -0.39 is 12.0 Å². The third kappa shape index (κ3) is 5.54. The number of piperidine rings is 1. The highest BCUT2D eigenvalue weighted by molar-refractivity contribution is 5.99. The van der Waals surface area contributed by atoms with Gasteiger partial charge in [-0.15, -0.1) is 0 Å². The summed E-state index contributed by atoms with van der Waals surface area (Å²) in [5.74, 6) is 0.237. The Kier molecular flexibility index (Phi) is 7.12. The molecule has 180 valence electrons. The van der Waals surface area contributed by atoms with E-state index in [4.69, 9.17) is 15.6 Å². The zero-order chi connectivity index (χ0) is 24.1. The fourth-order valence-electron chi connectivity index (χ4n) is 4.18. The van der Waals surface area contributed by atoms with E-state index in [0.29, 0.717) is 55.7 Å². The fourth-order valence-corrected chi connectivity index (χ4v) is 4.18. The van der Waals surface area contributed by atoms with Gasteiger partial charge in [-0.2, -0.15) is 0 Å². The number of carbonyl (C=O) groups excluding carboxylic acids is 2. The first kappa shape index (κ1) is 23.3. The van der Waals surface area contributed by atoms with Crippen LogP contribution in [0, 0.1) is 0 Å². The van der Waals surface area contributed by atoms with Crippen LogP contribution in [-0.2, 0) is 4.74 Å². The van der Waals surface area contributed by atoms with Crippen molar-refractivity contribution in [3.63, 3.8) is 0 Å². The molecule has 2 aliphatic heterocycles. The van der Waals surface area contributed by atoms with E-state index >= 15 is 0 Å². The standard InChI is InChI=1S/C23H28N6O5/c24-20(30)18-7-8-19(29-9-1-2-17(14-29)26-23(32)33)27-21(18)25-16-5-3-15(4-6-16)22(31)28-10-12-34-13-11-28/h3-8,17,26H,1-2,9-14H2,(H2,24,30)(H,25,27)(H,32,33). The molecule has 4 rings (SSSR count). The number of carbonyl (C=O) groups is 3. The van der Waals surface area contributed by atoms with E-state index in [9.17, 15) is 14.4 Å². The summed E-state index contributed by atoms with van der Waals surface area (Å²) in [7, 11) is 0. The molecule has 2 aromatic rings. The Morgan fingerprint density at radius 1 is 1.06 bits per heavy atom. The lowest BCUT2D eigenvalue weighted by Crippen LogP contribution is -2.47. The number of ether oxygens (including phenoxy) is 1. The fraction of sp³-hybridized carbons (Fsp3) is 0.391. The van der Waals surface area contributed by atoms with Crippen molar-refractivity contribution in [1.82, 2.24) is 15.2 Å². The van der Waals surface area contributed by atoms with Crippen LogP contribution < -0.4 is 21.3 Å². The molecule has 3 amide bonds. The minimum Gasteiger partial charge on any atom is -0.465 e. The molecule has 1 aromatic heterocycles. The van der Waals surface area contributed by atoms with E-state index in [0.717, 1.165) is 19.4 Å². The summed E-state index contributed by atoms with van der Waals surface area (Å²) in [6.45, 7) is 3.40. The first-order chi connectivity index (χ1) is 16.4. The Bertz CT molecular complexity index is 1050. The molecular formula is C23H28N6O5. The molecule has 1 unspecified atom stereocenters. The molecule has 0 bridgehead atoms. The van der Waals surface area contributed by atoms with E-state index in [1.807, 2.05) is 4.90 Å². The number of morpholine rings is 1. The van der Waals surface area contributed by atoms with Crippen LogP contribution in [0.2, 0.25) is 0 Å². The van der Waals surface area contributed by atoms with Crippen molar-refractivity contribution in [2.75, 3.05) is 49.6 Å². The van der Waals surface area contributed by atoms with Crippen molar-refractivity contribution in [3.8, 4) is 0 Å². The van der Waals surface area contributed by atoms with Gasteiger partial charge in [0.2, 0.25) is 0 Å². The summed E-state index contributed by atoms with van der Waals surface area (Å²) in [6, 6.07) is 10.1. The lowest BCUT2D eigenvalue weighted by molar-refractivity contribution is 0.0303. The molecule has 2 fully saturated rings.